The zero-order valence-electron chi connectivity index (χ0n) is 18.4. The minimum absolute atomic E-state index is 0.0413. The first-order valence-corrected chi connectivity index (χ1v) is 10.6. The van der Waals surface area contributed by atoms with Crippen molar-refractivity contribution < 1.29 is 18.0 Å². The molecule has 0 bridgehead atoms. The Balaban J connectivity index is 1.93. The molecule has 0 aliphatic carbocycles. The van der Waals surface area contributed by atoms with Gasteiger partial charge in [0.1, 0.15) is 5.70 Å². The molecule has 9 heteroatoms. The van der Waals surface area contributed by atoms with Crippen LogP contribution in [-0.4, -0.2) is 34.7 Å². The number of aliphatic imine (C=N–C) groups is 1. The van der Waals surface area contributed by atoms with Crippen LogP contribution in [0.3, 0.4) is 0 Å². The maximum atomic E-state index is 13.1. The summed E-state index contributed by atoms with van der Waals surface area (Å²) < 4.78 is 39.3. The van der Waals surface area contributed by atoms with Crippen LogP contribution in [0.15, 0.2) is 89.8 Å². The van der Waals surface area contributed by atoms with Gasteiger partial charge in [0.05, 0.1) is 22.5 Å². The predicted molar refractivity (Wildman–Crippen MR) is 127 cm³/mol. The second kappa shape index (κ2) is 10.5. The molecular formula is C25H22ClF3N4O. The van der Waals surface area contributed by atoms with Gasteiger partial charge in [-0.3, -0.25) is 9.78 Å². The number of pyridine rings is 1. The molecule has 5 nitrogen and oxygen atoms in total. The molecule has 2 aromatic carbocycles. The average Bonchev–Trinajstić information content (AvgIpc) is 2.83. The van der Waals surface area contributed by atoms with Gasteiger partial charge in [0, 0.05) is 30.6 Å². The average molecular weight is 487 g/mol. The molecule has 0 fully saturated rings. The summed E-state index contributed by atoms with van der Waals surface area (Å²) in [7, 11) is 1.68. The minimum atomic E-state index is -4.72. The number of amides is 1. The van der Waals surface area contributed by atoms with E-state index in [2.05, 4.69) is 9.98 Å². The van der Waals surface area contributed by atoms with Gasteiger partial charge in [0.2, 0.25) is 0 Å². The van der Waals surface area contributed by atoms with Crippen molar-refractivity contribution in [3.8, 4) is 0 Å². The molecule has 1 amide bonds. The highest BCUT2D eigenvalue weighted by molar-refractivity contribution is 6.33. The number of hydrogen-bond acceptors (Lipinski definition) is 4. The number of carbonyl (C=O) groups is 1. The van der Waals surface area contributed by atoms with Crippen molar-refractivity contribution in [1.29, 1.82) is 0 Å². The van der Waals surface area contributed by atoms with E-state index in [1.807, 2.05) is 19.1 Å². The summed E-state index contributed by atoms with van der Waals surface area (Å²) in [6.07, 6.45) is -0.668. The third-order valence-electron chi connectivity index (χ3n) is 5.23. The van der Waals surface area contributed by atoms with Gasteiger partial charge < -0.3 is 10.6 Å². The highest BCUT2D eigenvalue weighted by Crippen LogP contribution is 2.27. The number of alkyl halides is 3. The number of halogens is 4. The highest BCUT2D eigenvalue weighted by atomic mass is 35.5. The van der Waals surface area contributed by atoms with Crippen molar-refractivity contribution in [2.24, 2.45) is 10.7 Å². The monoisotopic (exact) mass is 486 g/mol. The largest absolute Gasteiger partial charge is 0.430 e. The normalized spacial score (nSPS) is 13.5. The van der Waals surface area contributed by atoms with Crippen LogP contribution in [0.2, 0.25) is 5.02 Å². The molecular weight excluding hydrogens is 465 g/mol. The van der Waals surface area contributed by atoms with Crippen LogP contribution >= 0.6 is 11.6 Å². The van der Waals surface area contributed by atoms with Crippen LogP contribution in [0, 0.1) is 0 Å². The fraction of sp³-hybridized carbons (Fsp3) is 0.160. The Morgan fingerprint density at radius 1 is 1.06 bits per heavy atom. The molecule has 0 saturated carbocycles. The number of benzene rings is 2. The number of rotatable bonds is 6. The Bertz CT molecular complexity index is 1210. The molecule has 0 aliphatic heterocycles. The first kappa shape index (κ1) is 25.0. The van der Waals surface area contributed by atoms with Crippen molar-refractivity contribution in [3.05, 3.63) is 107 Å². The van der Waals surface area contributed by atoms with Crippen LogP contribution in [-0.2, 0) is 0 Å². The molecule has 34 heavy (non-hydrogen) atoms. The summed E-state index contributed by atoms with van der Waals surface area (Å²) in [5, 5.41) is 0.275. The number of allylic oxidation sites excluding steroid dienone is 2. The predicted octanol–water partition coefficient (Wildman–Crippen LogP) is 6.09. The summed E-state index contributed by atoms with van der Waals surface area (Å²) in [6.45, 7) is 1.89. The van der Waals surface area contributed by atoms with Crippen molar-refractivity contribution in [1.82, 2.24) is 9.88 Å². The zero-order chi connectivity index (χ0) is 24.9. The topological polar surface area (TPSA) is 71.6 Å². The second-order valence-corrected chi connectivity index (χ2v) is 7.90. The van der Waals surface area contributed by atoms with E-state index in [0.717, 1.165) is 11.6 Å². The van der Waals surface area contributed by atoms with Crippen LogP contribution in [0.1, 0.15) is 34.5 Å². The molecule has 1 aromatic heterocycles. The Morgan fingerprint density at radius 2 is 1.65 bits per heavy atom. The van der Waals surface area contributed by atoms with Gasteiger partial charge in [-0.1, -0.05) is 35.9 Å². The minimum Gasteiger partial charge on any atom is -0.395 e. The number of para-hydroxylation sites is 1. The lowest BCUT2D eigenvalue weighted by atomic mass is 10.0. The van der Waals surface area contributed by atoms with E-state index in [0.29, 0.717) is 11.1 Å². The van der Waals surface area contributed by atoms with E-state index in [1.165, 1.54) is 24.3 Å². The van der Waals surface area contributed by atoms with Gasteiger partial charge in [-0.15, -0.1) is 0 Å². The lowest BCUT2D eigenvalue weighted by molar-refractivity contribution is -0.0925. The number of nitrogens with zero attached hydrogens (tertiary/aromatic N) is 3. The Morgan fingerprint density at radius 3 is 2.24 bits per heavy atom. The first-order chi connectivity index (χ1) is 16.1. The van der Waals surface area contributed by atoms with Crippen LogP contribution in [0.5, 0.6) is 0 Å². The summed E-state index contributed by atoms with van der Waals surface area (Å²) in [5.41, 5.74) is 5.82. The van der Waals surface area contributed by atoms with E-state index in [1.54, 1.807) is 48.6 Å². The molecule has 176 valence electrons. The van der Waals surface area contributed by atoms with Crippen molar-refractivity contribution in [3.63, 3.8) is 0 Å². The van der Waals surface area contributed by atoms with Crippen molar-refractivity contribution in [2.75, 3.05) is 7.05 Å². The van der Waals surface area contributed by atoms with E-state index in [9.17, 15) is 18.0 Å². The number of carbonyl (C=O) groups excluding carboxylic acids is 1. The van der Waals surface area contributed by atoms with Crippen LogP contribution in [0.4, 0.5) is 18.9 Å². The molecule has 1 heterocycles. The Kier molecular flexibility index (Phi) is 7.73. The lowest BCUT2D eigenvalue weighted by Crippen LogP contribution is -2.29. The molecule has 1 atom stereocenters. The number of hydrogen-bond donors (Lipinski definition) is 1. The Hall–Kier alpha value is -3.65. The molecule has 1 unspecified atom stereocenters. The maximum Gasteiger partial charge on any atom is 0.430 e. The van der Waals surface area contributed by atoms with Crippen LogP contribution < -0.4 is 5.73 Å². The van der Waals surface area contributed by atoms with E-state index >= 15 is 0 Å². The summed E-state index contributed by atoms with van der Waals surface area (Å²) >= 11 is 6.13. The molecule has 0 spiro atoms. The number of nitrogens with two attached hydrogens (primary N) is 1. The third kappa shape index (κ3) is 6.02. The van der Waals surface area contributed by atoms with Gasteiger partial charge in [0.25, 0.3) is 5.91 Å². The first-order valence-electron chi connectivity index (χ1n) is 10.2. The van der Waals surface area contributed by atoms with E-state index < -0.39 is 11.9 Å². The standard InChI is InChI=1S/C25H22ClF3N4O/c1-16(17-11-13-31-14-12-17)33(2)24(34)19-9-7-18(8-10-19)22(15-23(30)25(27,28)29)32-21-6-4-3-5-20(21)26/h3-16H,30H2,1-2H3/b23-15-,32-22?. The fourth-order valence-electron chi connectivity index (χ4n) is 3.11. The second-order valence-electron chi connectivity index (χ2n) is 7.50. The van der Waals surface area contributed by atoms with E-state index in [-0.39, 0.29) is 28.4 Å². The molecule has 2 N–H and O–H groups in total. The zero-order valence-corrected chi connectivity index (χ0v) is 19.2. The van der Waals surface area contributed by atoms with Gasteiger partial charge in [-0.2, -0.15) is 13.2 Å². The molecule has 3 aromatic rings. The van der Waals surface area contributed by atoms with Gasteiger partial charge >= 0.3 is 6.18 Å². The summed E-state index contributed by atoms with van der Waals surface area (Å²) in [6, 6.07) is 16.1. The molecule has 0 saturated heterocycles. The van der Waals surface area contributed by atoms with Gasteiger partial charge in [-0.25, -0.2) is 4.99 Å². The molecule has 0 radical (unpaired) electrons. The van der Waals surface area contributed by atoms with Gasteiger partial charge in [-0.05, 0) is 55.0 Å². The summed E-state index contributed by atoms with van der Waals surface area (Å²) in [5.74, 6) is -0.245. The maximum absolute atomic E-state index is 13.1. The lowest BCUT2D eigenvalue weighted by Gasteiger charge is -2.25. The summed E-state index contributed by atoms with van der Waals surface area (Å²) in [4.78, 5) is 22.8. The third-order valence-corrected chi connectivity index (χ3v) is 5.55. The SMILES string of the molecule is CC(c1ccncc1)N(C)C(=O)c1ccc(C(/C=C(\N)C(F)(F)F)=Nc2ccccc2Cl)cc1. The number of aromatic nitrogens is 1. The molecule has 0 aliphatic rings. The molecule has 3 rings (SSSR count). The van der Waals surface area contributed by atoms with E-state index in [4.69, 9.17) is 17.3 Å². The van der Waals surface area contributed by atoms with Crippen LogP contribution in [0.25, 0.3) is 0 Å². The smallest absolute Gasteiger partial charge is 0.395 e. The van der Waals surface area contributed by atoms with Crippen molar-refractivity contribution >= 4 is 28.9 Å². The highest BCUT2D eigenvalue weighted by Gasteiger charge is 2.32. The fourth-order valence-corrected chi connectivity index (χ4v) is 3.29. The van der Waals surface area contributed by atoms with Gasteiger partial charge in [0.15, 0.2) is 0 Å². The Labute approximate surface area is 200 Å². The quantitative estimate of drug-likeness (QED) is 0.428. The van der Waals surface area contributed by atoms with Crippen molar-refractivity contribution in [2.45, 2.75) is 19.1 Å².